The third-order valence-electron chi connectivity index (χ3n) is 8.97. The molecule has 13 heteroatoms. The van der Waals surface area contributed by atoms with E-state index in [1.54, 1.807) is 48.1 Å². The fourth-order valence-corrected chi connectivity index (χ4v) is 6.49. The van der Waals surface area contributed by atoms with Crippen LogP contribution < -0.4 is 26.0 Å². The second kappa shape index (κ2) is 12.8. The molecule has 1 atom stereocenters. The van der Waals surface area contributed by atoms with Gasteiger partial charge in [-0.2, -0.15) is 0 Å². The Hall–Kier alpha value is -6.11. The number of fused-ring (bicyclic) bond motifs is 2. The third-order valence-corrected chi connectivity index (χ3v) is 8.97. The van der Waals surface area contributed by atoms with Crippen molar-refractivity contribution in [3.63, 3.8) is 0 Å². The maximum Gasteiger partial charge on any atom is 0.271 e. The van der Waals surface area contributed by atoms with Crippen molar-refractivity contribution in [3.05, 3.63) is 100 Å². The fraction of sp³-hybridized carbons (Fsp3) is 0.222. The fourth-order valence-electron chi connectivity index (χ4n) is 6.49. The summed E-state index contributed by atoms with van der Waals surface area (Å²) in [7, 11) is 3.12. The molecule has 0 spiro atoms. The van der Waals surface area contributed by atoms with Crippen molar-refractivity contribution >= 4 is 23.5 Å². The lowest BCUT2D eigenvalue weighted by molar-refractivity contribution is 0.0512. The van der Waals surface area contributed by atoms with Crippen LogP contribution in [-0.4, -0.2) is 63.3 Å². The summed E-state index contributed by atoms with van der Waals surface area (Å²) in [6.45, 7) is 1.03. The molecule has 1 unspecified atom stereocenters. The maximum absolute atomic E-state index is 14.0. The average Bonchev–Trinajstić information content (AvgIpc) is 3.12. The number of nitrogens with zero attached hydrogens (tertiary/aromatic N) is 5. The van der Waals surface area contributed by atoms with Gasteiger partial charge in [0.2, 0.25) is 5.43 Å². The molecule has 2 aliphatic heterocycles. The van der Waals surface area contributed by atoms with Gasteiger partial charge in [0.25, 0.3) is 11.8 Å². The summed E-state index contributed by atoms with van der Waals surface area (Å²) in [6.07, 6.45) is 5.75. The van der Waals surface area contributed by atoms with Crippen LogP contribution in [0.5, 0.6) is 11.5 Å². The molecule has 12 nitrogen and oxygen atoms in total. The Kier molecular flexibility index (Phi) is 8.24. The topological polar surface area (TPSA) is 155 Å². The molecule has 5 aromatic rings. The van der Waals surface area contributed by atoms with Gasteiger partial charge in [0.1, 0.15) is 22.9 Å². The number of anilines is 2. The first kappa shape index (κ1) is 31.5. The molecule has 1 fully saturated rings. The summed E-state index contributed by atoms with van der Waals surface area (Å²) >= 11 is 0. The van der Waals surface area contributed by atoms with Gasteiger partial charge < -0.3 is 30.0 Å². The second-order valence-corrected chi connectivity index (χ2v) is 11.9. The van der Waals surface area contributed by atoms with Crippen LogP contribution in [-0.2, 0) is 6.54 Å². The van der Waals surface area contributed by atoms with Crippen molar-refractivity contribution < 1.29 is 23.5 Å². The number of aromatic nitrogens is 4. The number of pyridine rings is 2. The molecule has 0 aliphatic carbocycles. The quantitative estimate of drug-likeness (QED) is 0.244. The molecule has 5 heterocycles. The maximum atomic E-state index is 14.0. The Morgan fingerprint density at radius 3 is 2.45 bits per heavy atom. The first-order chi connectivity index (χ1) is 23.7. The number of carbonyl (C=O) groups excluding carboxylic acids is 2. The van der Waals surface area contributed by atoms with Crippen molar-refractivity contribution in [2.45, 2.75) is 31.8 Å². The van der Waals surface area contributed by atoms with Gasteiger partial charge in [-0.05, 0) is 72.9 Å². The van der Waals surface area contributed by atoms with Crippen molar-refractivity contribution in [1.82, 2.24) is 24.6 Å². The van der Waals surface area contributed by atoms with Gasteiger partial charge in [-0.15, -0.1) is 10.2 Å². The molecule has 2 aliphatic rings. The normalized spacial score (nSPS) is 15.3. The highest BCUT2D eigenvalue weighted by atomic mass is 19.1. The standard InChI is InChI=1S/C36H32FN7O5/c1-48-28-12-8-21(16-29(28)49-2)22-15-25(34(38)39-17-22)27-11-13-30(42-41-27)40-35(46)26-19-43-18-24-5-3-4-14-44(24)36(47)32(43)31(33(26)45)20-6-9-23(37)10-7-20/h6-13,15-17,19,24H,3-5,14,18H2,1-2H3,(H2,38,39)(H,40,42,46). The highest BCUT2D eigenvalue weighted by Gasteiger charge is 2.37. The van der Waals surface area contributed by atoms with Crippen LogP contribution in [0.4, 0.5) is 16.0 Å². The molecule has 3 N–H and O–H groups in total. The number of ether oxygens (including phenoxy) is 2. The monoisotopic (exact) mass is 661 g/mol. The molecule has 49 heavy (non-hydrogen) atoms. The zero-order valence-corrected chi connectivity index (χ0v) is 26.8. The molecule has 3 aromatic heterocycles. The number of rotatable bonds is 7. The number of methoxy groups -OCH3 is 2. The van der Waals surface area contributed by atoms with Crippen LogP contribution in [0.3, 0.4) is 0 Å². The summed E-state index contributed by atoms with van der Waals surface area (Å²) in [5.41, 5.74) is 8.49. The highest BCUT2D eigenvalue weighted by Crippen LogP contribution is 2.35. The van der Waals surface area contributed by atoms with Gasteiger partial charge in [-0.1, -0.05) is 18.2 Å². The minimum absolute atomic E-state index is 0.0428. The molecular formula is C36H32FN7O5. The van der Waals surface area contributed by atoms with Gasteiger partial charge in [0.15, 0.2) is 17.3 Å². The number of benzene rings is 2. The van der Waals surface area contributed by atoms with Crippen molar-refractivity contribution in [2.75, 3.05) is 31.8 Å². The Labute approximate surface area is 280 Å². The highest BCUT2D eigenvalue weighted by molar-refractivity contribution is 6.06. The number of piperidine rings is 1. The molecular weight excluding hydrogens is 629 g/mol. The third kappa shape index (κ3) is 5.83. The van der Waals surface area contributed by atoms with Crippen LogP contribution in [0.1, 0.15) is 40.1 Å². The lowest BCUT2D eigenvalue weighted by Crippen LogP contribution is -2.51. The number of nitrogens with two attached hydrogens (primary N) is 1. The molecule has 7 rings (SSSR count). The molecule has 0 bridgehead atoms. The van der Waals surface area contributed by atoms with E-state index in [-0.39, 0.29) is 40.4 Å². The minimum Gasteiger partial charge on any atom is -0.493 e. The van der Waals surface area contributed by atoms with E-state index in [0.717, 1.165) is 30.4 Å². The van der Waals surface area contributed by atoms with E-state index in [1.807, 2.05) is 18.2 Å². The Bertz CT molecular complexity index is 2150. The summed E-state index contributed by atoms with van der Waals surface area (Å²) in [5.74, 6) is -0.00308. The Morgan fingerprint density at radius 1 is 0.939 bits per heavy atom. The van der Waals surface area contributed by atoms with Gasteiger partial charge >= 0.3 is 0 Å². The Morgan fingerprint density at radius 2 is 1.71 bits per heavy atom. The van der Waals surface area contributed by atoms with Gasteiger partial charge in [-0.25, -0.2) is 9.37 Å². The smallest absolute Gasteiger partial charge is 0.271 e. The van der Waals surface area contributed by atoms with E-state index < -0.39 is 17.2 Å². The van der Waals surface area contributed by atoms with E-state index in [0.29, 0.717) is 41.4 Å². The molecule has 0 radical (unpaired) electrons. The first-order valence-corrected chi connectivity index (χ1v) is 15.7. The number of nitrogen functional groups attached to an aromatic ring is 1. The van der Waals surface area contributed by atoms with Crippen LogP contribution in [0, 0.1) is 5.82 Å². The number of halogens is 1. The number of carbonyl (C=O) groups is 2. The van der Waals surface area contributed by atoms with Crippen molar-refractivity contribution in [1.29, 1.82) is 0 Å². The van der Waals surface area contributed by atoms with Crippen molar-refractivity contribution in [2.24, 2.45) is 0 Å². The summed E-state index contributed by atoms with van der Waals surface area (Å²) in [5, 5.41) is 11.1. The molecule has 2 aromatic carbocycles. The van der Waals surface area contributed by atoms with Gasteiger partial charge in [0, 0.05) is 42.7 Å². The number of hydrogen-bond acceptors (Lipinski definition) is 9. The zero-order valence-electron chi connectivity index (χ0n) is 26.8. The number of amides is 2. The van der Waals surface area contributed by atoms with Gasteiger partial charge in [-0.3, -0.25) is 14.4 Å². The summed E-state index contributed by atoms with van der Waals surface area (Å²) in [4.78, 5) is 47.4. The predicted octanol–water partition coefficient (Wildman–Crippen LogP) is 5.03. The van der Waals surface area contributed by atoms with Crippen LogP contribution in [0.25, 0.3) is 33.5 Å². The van der Waals surface area contributed by atoms with Crippen LogP contribution >= 0.6 is 0 Å². The summed E-state index contributed by atoms with van der Waals surface area (Å²) in [6, 6.07) is 15.8. The second-order valence-electron chi connectivity index (χ2n) is 11.9. The van der Waals surface area contributed by atoms with Gasteiger partial charge in [0.05, 0.1) is 25.5 Å². The Balaban J connectivity index is 1.19. The van der Waals surface area contributed by atoms with E-state index in [2.05, 4.69) is 20.5 Å². The van der Waals surface area contributed by atoms with E-state index in [9.17, 15) is 18.8 Å². The minimum atomic E-state index is -0.721. The number of nitrogens with one attached hydrogen (secondary N) is 1. The lowest BCUT2D eigenvalue weighted by atomic mass is 9.94. The SMILES string of the molecule is COc1ccc(-c2cnc(N)c(-c3ccc(NC(=O)c4cn5c(c(-c6ccc(F)cc6)c4=O)C(=O)N4CCCCC4C5)nn3)c2)cc1OC. The zero-order chi connectivity index (χ0) is 34.2. The van der Waals surface area contributed by atoms with Crippen LogP contribution in [0.2, 0.25) is 0 Å². The lowest BCUT2D eigenvalue weighted by Gasteiger charge is -2.41. The van der Waals surface area contributed by atoms with E-state index >= 15 is 0 Å². The molecule has 2 amide bonds. The summed E-state index contributed by atoms with van der Waals surface area (Å²) < 4.78 is 26.3. The van der Waals surface area contributed by atoms with E-state index in [1.165, 1.54) is 30.5 Å². The molecule has 0 saturated carbocycles. The molecule has 1 saturated heterocycles. The molecule has 248 valence electrons. The van der Waals surface area contributed by atoms with Crippen molar-refractivity contribution in [3.8, 4) is 45.0 Å². The largest absolute Gasteiger partial charge is 0.493 e. The van der Waals surface area contributed by atoms with E-state index in [4.69, 9.17) is 15.2 Å². The predicted molar refractivity (Wildman–Crippen MR) is 181 cm³/mol. The first-order valence-electron chi connectivity index (χ1n) is 15.7. The number of hydrogen-bond donors (Lipinski definition) is 2. The average molecular weight is 662 g/mol. The van der Waals surface area contributed by atoms with Crippen LogP contribution in [0.15, 0.2) is 77.9 Å².